The van der Waals surface area contributed by atoms with E-state index in [1.807, 2.05) is 12.1 Å². The van der Waals surface area contributed by atoms with Gasteiger partial charge < -0.3 is 18.9 Å². The van der Waals surface area contributed by atoms with E-state index in [-0.39, 0.29) is 30.7 Å². The fourth-order valence-electron chi connectivity index (χ4n) is 3.36. The minimum Gasteiger partial charge on any atom is -0.486 e. The average molecular weight is 369 g/mol. The van der Waals surface area contributed by atoms with Gasteiger partial charge in [-0.15, -0.1) is 0 Å². The van der Waals surface area contributed by atoms with Gasteiger partial charge in [0.25, 0.3) is 0 Å². The van der Waals surface area contributed by atoms with Gasteiger partial charge in [0.05, 0.1) is 18.1 Å². The zero-order valence-corrected chi connectivity index (χ0v) is 13.6. The third kappa shape index (κ3) is 2.58. The second-order valence-corrected chi connectivity index (χ2v) is 6.77. The van der Waals surface area contributed by atoms with Crippen molar-refractivity contribution in [1.82, 2.24) is 0 Å². The van der Waals surface area contributed by atoms with Gasteiger partial charge in [-0.25, -0.2) is 0 Å². The quantitative estimate of drug-likeness (QED) is 0.767. The molecule has 2 bridgehead atoms. The minimum absolute atomic E-state index is 0.0567. The van der Waals surface area contributed by atoms with Crippen LogP contribution in [0, 0.1) is 5.92 Å². The van der Waals surface area contributed by atoms with Crippen LogP contribution in [0.15, 0.2) is 16.6 Å². The molecule has 0 aliphatic carbocycles. The van der Waals surface area contributed by atoms with E-state index in [1.54, 1.807) is 0 Å². The van der Waals surface area contributed by atoms with Gasteiger partial charge in [-0.1, -0.05) is 15.9 Å². The van der Waals surface area contributed by atoms with Crippen molar-refractivity contribution in [3.05, 3.63) is 22.2 Å². The first-order valence-electron chi connectivity index (χ1n) is 7.61. The lowest BCUT2D eigenvalue weighted by Crippen LogP contribution is -2.27. The van der Waals surface area contributed by atoms with Crippen LogP contribution in [-0.2, 0) is 20.9 Å². The molecule has 0 radical (unpaired) electrons. The average Bonchev–Trinajstić information content (AvgIpc) is 3.15. The Hall–Kier alpha value is -1.27. The van der Waals surface area contributed by atoms with Crippen molar-refractivity contribution in [2.75, 3.05) is 13.2 Å². The summed E-state index contributed by atoms with van der Waals surface area (Å²) in [6.45, 7) is 1.32. The molecule has 0 saturated carbocycles. The number of rotatable bonds is 3. The van der Waals surface area contributed by atoms with Crippen LogP contribution in [0.2, 0.25) is 0 Å². The lowest BCUT2D eigenvalue weighted by atomic mass is 9.89. The van der Waals surface area contributed by atoms with Crippen LogP contribution in [0.25, 0.3) is 0 Å². The van der Waals surface area contributed by atoms with Gasteiger partial charge in [0.2, 0.25) is 0 Å². The van der Waals surface area contributed by atoms with E-state index in [1.165, 1.54) is 0 Å². The van der Waals surface area contributed by atoms with Gasteiger partial charge in [-0.05, 0) is 31.4 Å². The van der Waals surface area contributed by atoms with Crippen LogP contribution >= 0.6 is 15.9 Å². The lowest BCUT2D eigenvalue weighted by Gasteiger charge is -2.20. The van der Waals surface area contributed by atoms with Crippen molar-refractivity contribution in [1.29, 1.82) is 0 Å². The molecule has 0 spiro atoms. The Morgan fingerprint density at radius 1 is 1.23 bits per heavy atom. The summed E-state index contributed by atoms with van der Waals surface area (Å²) >= 11 is 3.49. The Morgan fingerprint density at radius 3 is 2.68 bits per heavy atom. The first-order valence-corrected chi connectivity index (χ1v) is 8.40. The Balaban J connectivity index is 1.42. The van der Waals surface area contributed by atoms with Crippen molar-refractivity contribution >= 4 is 21.9 Å². The molecule has 2 saturated heterocycles. The largest absolute Gasteiger partial charge is 0.486 e. The van der Waals surface area contributed by atoms with Gasteiger partial charge in [0.1, 0.15) is 19.8 Å². The van der Waals surface area contributed by atoms with Crippen LogP contribution in [0.4, 0.5) is 0 Å². The zero-order valence-electron chi connectivity index (χ0n) is 12.0. The number of hydrogen-bond donors (Lipinski definition) is 0. The highest BCUT2D eigenvalue weighted by atomic mass is 79.9. The zero-order chi connectivity index (χ0) is 15.1. The third-order valence-corrected chi connectivity index (χ3v) is 5.23. The van der Waals surface area contributed by atoms with Crippen molar-refractivity contribution in [2.24, 2.45) is 5.92 Å². The first kappa shape index (κ1) is 14.3. The van der Waals surface area contributed by atoms with Crippen molar-refractivity contribution < 1.29 is 23.7 Å². The Kier molecular flexibility index (Phi) is 3.74. The molecule has 4 rings (SSSR count). The highest BCUT2D eigenvalue weighted by Gasteiger charge is 2.45. The SMILES string of the molecule is O=C(OCc1cc2c(cc1Br)OCCO2)[C@H]1C[C@H]2CC[C@H]1O2. The van der Waals surface area contributed by atoms with Gasteiger partial charge in [0, 0.05) is 10.0 Å². The number of esters is 1. The molecular formula is C16H17BrO5. The Labute approximate surface area is 137 Å². The fourth-order valence-corrected chi connectivity index (χ4v) is 3.80. The molecule has 6 heteroatoms. The first-order chi connectivity index (χ1) is 10.7. The molecule has 3 heterocycles. The molecule has 0 amide bonds. The van der Waals surface area contributed by atoms with E-state index >= 15 is 0 Å². The molecule has 0 aromatic heterocycles. The molecule has 0 unspecified atom stereocenters. The van der Waals surface area contributed by atoms with Crippen LogP contribution in [-0.4, -0.2) is 31.4 Å². The fraction of sp³-hybridized carbons (Fsp3) is 0.562. The molecule has 1 aromatic carbocycles. The molecule has 0 N–H and O–H groups in total. The third-order valence-electron chi connectivity index (χ3n) is 4.49. The molecule has 1 aromatic rings. The Bertz CT molecular complexity index is 602. The monoisotopic (exact) mass is 368 g/mol. The minimum atomic E-state index is -0.158. The van der Waals surface area contributed by atoms with Gasteiger partial charge in [0.15, 0.2) is 11.5 Å². The van der Waals surface area contributed by atoms with E-state index in [0.717, 1.165) is 35.0 Å². The summed E-state index contributed by atoms with van der Waals surface area (Å²) in [6.07, 6.45) is 3.15. The molecular weight excluding hydrogens is 352 g/mol. The highest BCUT2D eigenvalue weighted by Crippen LogP contribution is 2.40. The highest BCUT2D eigenvalue weighted by molar-refractivity contribution is 9.10. The molecule has 3 atom stereocenters. The van der Waals surface area contributed by atoms with E-state index in [4.69, 9.17) is 18.9 Å². The Morgan fingerprint density at radius 2 is 2.00 bits per heavy atom. The number of hydrogen-bond acceptors (Lipinski definition) is 5. The van der Waals surface area contributed by atoms with Gasteiger partial charge in [-0.2, -0.15) is 0 Å². The standard InChI is InChI=1S/C16H17BrO5/c17-12-7-15-14(19-3-4-20-15)5-9(12)8-21-16(18)11-6-10-1-2-13(11)22-10/h5,7,10-11,13H,1-4,6,8H2/t10-,11+,13-/m1/s1. The summed E-state index contributed by atoms with van der Waals surface area (Å²) in [5.41, 5.74) is 0.877. The maximum atomic E-state index is 12.2. The maximum absolute atomic E-state index is 12.2. The maximum Gasteiger partial charge on any atom is 0.312 e. The van der Waals surface area contributed by atoms with E-state index in [9.17, 15) is 4.79 Å². The van der Waals surface area contributed by atoms with Gasteiger partial charge >= 0.3 is 5.97 Å². The molecule has 22 heavy (non-hydrogen) atoms. The number of halogens is 1. The van der Waals surface area contributed by atoms with Crippen molar-refractivity contribution in [3.63, 3.8) is 0 Å². The number of benzene rings is 1. The normalized spacial score (nSPS) is 28.7. The molecule has 5 nitrogen and oxygen atoms in total. The summed E-state index contributed by atoms with van der Waals surface area (Å²) < 4.78 is 23.1. The molecule has 118 valence electrons. The van der Waals surface area contributed by atoms with E-state index < -0.39 is 0 Å². The summed E-state index contributed by atoms with van der Waals surface area (Å²) in [5.74, 6) is 1.15. The number of ether oxygens (including phenoxy) is 4. The van der Waals surface area contributed by atoms with Crippen molar-refractivity contribution in [2.45, 2.75) is 38.1 Å². The van der Waals surface area contributed by atoms with Crippen LogP contribution in [0.3, 0.4) is 0 Å². The summed E-state index contributed by atoms with van der Waals surface area (Å²) in [5, 5.41) is 0. The number of carbonyl (C=O) groups is 1. The summed E-state index contributed by atoms with van der Waals surface area (Å²) in [4.78, 5) is 12.2. The second-order valence-electron chi connectivity index (χ2n) is 5.91. The lowest BCUT2D eigenvalue weighted by molar-refractivity contribution is -0.151. The van der Waals surface area contributed by atoms with E-state index in [0.29, 0.717) is 19.0 Å². The smallest absolute Gasteiger partial charge is 0.312 e. The predicted octanol–water partition coefficient (Wildman–Crippen LogP) is 2.83. The van der Waals surface area contributed by atoms with Crippen LogP contribution in [0.1, 0.15) is 24.8 Å². The topological polar surface area (TPSA) is 54.0 Å². The molecule has 3 aliphatic rings. The van der Waals surface area contributed by atoms with Gasteiger partial charge in [-0.3, -0.25) is 4.79 Å². The molecule has 3 aliphatic heterocycles. The van der Waals surface area contributed by atoms with Crippen LogP contribution < -0.4 is 9.47 Å². The summed E-state index contributed by atoms with van der Waals surface area (Å²) in [6, 6.07) is 3.72. The predicted molar refractivity (Wildman–Crippen MR) is 80.9 cm³/mol. The van der Waals surface area contributed by atoms with Crippen LogP contribution in [0.5, 0.6) is 11.5 Å². The summed E-state index contributed by atoms with van der Waals surface area (Å²) in [7, 11) is 0. The van der Waals surface area contributed by atoms with E-state index in [2.05, 4.69) is 15.9 Å². The van der Waals surface area contributed by atoms with Crippen molar-refractivity contribution in [3.8, 4) is 11.5 Å². The molecule has 2 fully saturated rings. The number of carbonyl (C=O) groups excluding carboxylic acids is 1. The number of fused-ring (bicyclic) bond motifs is 3. The second kappa shape index (κ2) is 5.74.